The molecule has 0 fully saturated rings. The highest BCUT2D eigenvalue weighted by atomic mass is 16.5. The number of likely N-dealkylation sites (N-methyl/N-ethyl adjacent to an activating group) is 1. The monoisotopic (exact) mass is 439 g/mol. The Morgan fingerprint density at radius 1 is 0.645 bits per heavy atom. The Morgan fingerprint density at radius 3 is 1.42 bits per heavy atom. The summed E-state index contributed by atoms with van der Waals surface area (Å²) in [6, 6.07) is 0. The number of carbonyl (C=O) groups is 2. The van der Waals surface area contributed by atoms with E-state index in [0.717, 1.165) is 26.1 Å². The Bertz CT molecular complexity index is 484. The maximum atomic E-state index is 11.1. The predicted octanol–water partition coefficient (Wildman–Crippen LogP) is 6.47. The number of hydrogen-bond acceptors (Lipinski definition) is 5. The van der Waals surface area contributed by atoms with Gasteiger partial charge in [-0.25, -0.2) is 9.59 Å². The summed E-state index contributed by atoms with van der Waals surface area (Å²) in [4.78, 5) is 24.2. The lowest BCUT2D eigenvalue weighted by Gasteiger charge is -2.17. The Hall–Kier alpha value is -1.62. The lowest BCUT2D eigenvalue weighted by atomic mass is 10.1. The molecule has 0 spiro atoms. The van der Waals surface area contributed by atoms with Crippen molar-refractivity contribution in [1.29, 1.82) is 0 Å². The van der Waals surface area contributed by atoms with Gasteiger partial charge in [0.1, 0.15) is 6.61 Å². The molecular weight excluding hydrogens is 390 g/mol. The number of rotatable bonds is 18. The van der Waals surface area contributed by atoms with Crippen molar-refractivity contribution in [2.75, 3.05) is 32.8 Å². The zero-order chi connectivity index (χ0) is 23.9. The molecule has 0 aliphatic heterocycles. The molecule has 0 aromatic heterocycles. The van der Waals surface area contributed by atoms with E-state index in [1.165, 1.54) is 57.8 Å². The average molecular weight is 440 g/mol. The quantitative estimate of drug-likeness (QED) is 0.139. The van der Waals surface area contributed by atoms with Crippen LogP contribution in [0, 0.1) is 0 Å². The van der Waals surface area contributed by atoms with Crippen molar-refractivity contribution in [2.45, 2.75) is 98.8 Å². The van der Waals surface area contributed by atoms with E-state index in [0.29, 0.717) is 24.4 Å². The summed E-state index contributed by atoms with van der Waals surface area (Å²) < 4.78 is 9.99. The van der Waals surface area contributed by atoms with Gasteiger partial charge in [0.25, 0.3) is 0 Å². The minimum Gasteiger partial charge on any atom is -0.462 e. The maximum absolute atomic E-state index is 11.1. The molecule has 5 heteroatoms. The molecular formula is C26H49NO4. The van der Waals surface area contributed by atoms with Crippen LogP contribution in [-0.2, 0) is 19.1 Å². The minimum absolute atomic E-state index is 0.258. The first kappa shape index (κ1) is 31.6. The Labute approximate surface area is 192 Å². The fraction of sp³-hybridized carbons (Fsp3) is 0.769. The summed E-state index contributed by atoms with van der Waals surface area (Å²) in [5.41, 5.74) is 0.946. The average Bonchev–Trinajstić information content (AvgIpc) is 2.75. The summed E-state index contributed by atoms with van der Waals surface area (Å²) in [5, 5.41) is 0. The van der Waals surface area contributed by atoms with Gasteiger partial charge in [0.15, 0.2) is 0 Å². The predicted molar refractivity (Wildman–Crippen MR) is 131 cm³/mol. The van der Waals surface area contributed by atoms with E-state index in [9.17, 15) is 9.59 Å². The SMILES string of the molecule is C=C(C)C(=O)OCCCCCCCCCCCC.C=C(C)C(=O)OCCN(CC)CC. The van der Waals surface area contributed by atoms with Crippen molar-refractivity contribution in [3.05, 3.63) is 24.3 Å². The molecule has 0 radical (unpaired) electrons. The van der Waals surface area contributed by atoms with Crippen LogP contribution in [0.3, 0.4) is 0 Å². The van der Waals surface area contributed by atoms with Gasteiger partial charge in [0.2, 0.25) is 0 Å². The molecule has 0 amide bonds. The molecule has 0 aromatic carbocycles. The van der Waals surface area contributed by atoms with Gasteiger partial charge in [0, 0.05) is 17.7 Å². The Balaban J connectivity index is 0. The molecule has 0 rings (SSSR count). The van der Waals surface area contributed by atoms with Gasteiger partial charge >= 0.3 is 11.9 Å². The second-order valence-corrected chi connectivity index (χ2v) is 8.04. The number of ether oxygens (including phenoxy) is 2. The molecule has 0 aliphatic carbocycles. The molecule has 0 aromatic rings. The van der Waals surface area contributed by atoms with Crippen molar-refractivity contribution in [3.63, 3.8) is 0 Å². The van der Waals surface area contributed by atoms with Gasteiger partial charge in [0.05, 0.1) is 6.61 Å². The fourth-order valence-electron chi connectivity index (χ4n) is 2.81. The molecule has 182 valence electrons. The first-order valence-electron chi connectivity index (χ1n) is 12.2. The highest BCUT2D eigenvalue weighted by Gasteiger charge is 2.04. The molecule has 31 heavy (non-hydrogen) atoms. The van der Waals surface area contributed by atoms with Crippen LogP contribution in [0.2, 0.25) is 0 Å². The van der Waals surface area contributed by atoms with Crippen LogP contribution < -0.4 is 0 Å². The largest absolute Gasteiger partial charge is 0.462 e. The Kier molecular flexibility index (Phi) is 23.5. The maximum Gasteiger partial charge on any atom is 0.333 e. The number of hydrogen-bond donors (Lipinski definition) is 0. The van der Waals surface area contributed by atoms with Crippen LogP contribution in [0.25, 0.3) is 0 Å². The third kappa shape index (κ3) is 22.9. The van der Waals surface area contributed by atoms with E-state index in [2.05, 4.69) is 38.8 Å². The molecule has 0 unspecified atom stereocenters. The molecule has 0 N–H and O–H groups in total. The van der Waals surface area contributed by atoms with Crippen LogP contribution in [0.5, 0.6) is 0 Å². The van der Waals surface area contributed by atoms with E-state index >= 15 is 0 Å². The van der Waals surface area contributed by atoms with Crippen molar-refractivity contribution in [1.82, 2.24) is 4.90 Å². The number of carbonyl (C=O) groups excluding carboxylic acids is 2. The number of unbranched alkanes of at least 4 members (excludes halogenated alkanes) is 9. The first-order chi connectivity index (χ1) is 14.8. The zero-order valence-electron chi connectivity index (χ0n) is 21.1. The van der Waals surface area contributed by atoms with E-state index in [4.69, 9.17) is 9.47 Å². The normalized spacial score (nSPS) is 10.3. The van der Waals surface area contributed by atoms with E-state index < -0.39 is 0 Å². The van der Waals surface area contributed by atoms with Gasteiger partial charge in [-0.2, -0.15) is 0 Å². The van der Waals surface area contributed by atoms with Gasteiger partial charge in [-0.15, -0.1) is 0 Å². The van der Waals surface area contributed by atoms with Crippen molar-refractivity contribution in [2.24, 2.45) is 0 Å². The van der Waals surface area contributed by atoms with Crippen LogP contribution in [-0.4, -0.2) is 49.7 Å². The highest BCUT2D eigenvalue weighted by Crippen LogP contribution is 2.10. The van der Waals surface area contributed by atoms with Crippen LogP contribution in [0.1, 0.15) is 98.8 Å². The van der Waals surface area contributed by atoms with Gasteiger partial charge in [-0.05, 0) is 33.4 Å². The molecule has 0 heterocycles. The second-order valence-electron chi connectivity index (χ2n) is 8.04. The van der Waals surface area contributed by atoms with Crippen LogP contribution in [0.4, 0.5) is 0 Å². The van der Waals surface area contributed by atoms with E-state index in [-0.39, 0.29) is 11.9 Å². The second kappa shape index (κ2) is 23.1. The van der Waals surface area contributed by atoms with Crippen LogP contribution >= 0.6 is 0 Å². The minimum atomic E-state index is -0.299. The summed E-state index contributed by atoms with van der Waals surface area (Å²) in [6.45, 7) is 20.6. The van der Waals surface area contributed by atoms with Crippen molar-refractivity contribution in [3.8, 4) is 0 Å². The standard InChI is InChI=1S/C16H30O2.C10H19NO2/c1-4-5-6-7-8-9-10-11-12-13-14-18-16(17)15(2)3;1-5-11(6-2)7-8-13-10(12)9(3)4/h2,4-14H2,1,3H3;3,5-8H2,1-2,4H3. The highest BCUT2D eigenvalue weighted by molar-refractivity contribution is 5.87. The molecule has 0 saturated heterocycles. The van der Waals surface area contributed by atoms with Gasteiger partial charge < -0.3 is 14.4 Å². The summed E-state index contributed by atoms with van der Waals surface area (Å²) in [6.07, 6.45) is 13.0. The van der Waals surface area contributed by atoms with Crippen molar-refractivity contribution < 1.29 is 19.1 Å². The van der Waals surface area contributed by atoms with Gasteiger partial charge in [-0.1, -0.05) is 91.7 Å². The zero-order valence-corrected chi connectivity index (χ0v) is 21.1. The molecule has 0 saturated carbocycles. The van der Waals surface area contributed by atoms with Crippen molar-refractivity contribution >= 4 is 11.9 Å². The summed E-state index contributed by atoms with van der Waals surface area (Å²) in [7, 11) is 0. The third-order valence-electron chi connectivity index (χ3n) is 4.96. The molecule has 5 nitrogen and oxygen atoms in total. The van der Waals surface area contributed by atoms with E-state index in [1.807, 2.05) is 0 Å². The van der Waals surface area contributed by atoms with E-state index in [1.54, 1.807) is 13.8 Å². The third-order valence-corrected chi connectivity index (χ3v) is 4.96. The smallest absolute Gasteiger partial charge is 0.333 e. The first-order valence-corrected chi connectivity index (χ1v) is 12.2. The van der Waals surface area contributed by atoms with Gasteiger partial charge in [-0.3, -0.25) is 0 Å². The lowest BCUT2D eigenvalue weighted by Crippen LogP contribution is -2.27. The summed E-state index contributed by atoms with van der Waals surface area (Å²) in [5.74, 6) is -0.557. The molecule has 0 atom stereocenters. The fourth-order valence-corrected chi connectivity index (χ4v) is 2.81. The Morgan fingerprint density at radius 2 is 1.03 bits per heavy atom. The summed E-state index contributed by atoms with van der Waals surface area (Å²) >= 11 is 0. The molecule has 0 bridgehead atoms. The number of nitrogens with zero attached hydrogens (tertiary/aromatic N) is 1. The van der Waals surface area contributed by atoms with Crippen LogP contribution in [0.15, 0.2) is 24.3 Å². The topological polar surface area (TPSA) is 55.8 Å². The number of esters is 2. The lowest BCUT2D eigenvalue weighted by molar-refractivity contribution is -0.140. The molecule has 0 aliphatic rings.